The van der Waals surface area contributed by atoms with Crippen LogP contribution in [0.25, 0.3) is 0 Å². The monoisotopic (exact) mass is 492 g/mol. The summed E-state index contributed by atoms with van der Waals surface area (Å²) in [7, 11) is 1.50. The highest BCUT2D eigenvalue weighted by molar-refractivity contribution is 7.09. The molecule has 1 aliphatic rings. The number of aliphatic carboxylic acids is 1. The van der Waals surface area contributed by atoms with E-state index in [1.54, 1.807) is 23.5 Å². The topological polar surface area (TPSA) is 77.0 Å². The van der Waals surface area contributed by atoms with Gasteiger partial charge in [-0.2, -0.15) is 0 Å². The first-order chi connectivity index (χ1) is 16.8. The maximum atomic E-state index is 12.6. The molecule has 1 aliphatic heterocycles. The molecule has 1 saturated heterocycles. The number of nitrogens with zero attached hydrogens (tertiary/aromatic N) is 4. The molecule has 0 bridgehead atoms. The number of aromatic nitrogens is 1. The highest BCUT2D eigenvalue weighted by atomic mass is 32.1. The van der Waals surface area contributed by atoms with Crippen LogP contribution in [-0.4, -0.2) is 75.4 Å². The molecule has 0 spiro atoms. The van der Waals surface area contributed by atoms with E-state index in [4.69, 9.17) is 5.11 Å². The van der Waals surface area contributed by atoms with E-state index in [9.17, 15) is 9.59 Å². The average molecular weight is 493 g/mol. The number of hydrogen-bond donors (Lipinski definition) is 1. The van der Waals surface area contributed by atoms with Gasteiger partial charge in [-0.1, -0.05) is 42.5 Å². The molecule has 0 aliphatic carbocycles. The van der Waals surface area contributed by atoms with E-state index in [2.05, 4.69) is 59.0 Å². The first kappa shape index (κ1) is 25.0. The number of carbonyl (C=O) groups excluding carboxylic acids is 1. The maximum Gasteiger partial charge on any atom is 0.323 e. The van der Waals surface area contributed by atoms with Gasteiger partial charge in [0.15, 0.2) is 0 Å². The van der Waals surface area contributed by atoms with Crippen LogP contribution in [0.15, 0.2) is 66.2 Å². The van der Waals surface area contributed by atoms with Crippen molar-refractivity contribution >= 4 is 23.2 Å². The minimum absolute atomic E-state index is 0.00720. The molecule has 3 aromatic rings. The van der Waals surface area contributed by atoms with E-state index in [-0.39, 0.29) is 18.5 Å². The highest BCUT2D eigenvalue weighted by Crippen LogP contribution is 2.34. The van der Waals surface area contributed by atoms with Gasteiger partial charge in [0.05, 0.1) is 6.04 Å². The van der Waals surface area contributed by atoms with Gasteiger partial charge in [-0.25, -0.2) is 4.98 Å². The van der Waals surface area contributed by atoms with Crippen LogP contribution in [0.1, 0.15) is 46.4 Å². The summed E-state index contributed by atoms with van der Waals surface area (Å²) in [5.41, 5.74) is 2.88. The van der Waals surface area contributed by atoms with E-state index in [1.165, 1.54) is 17.5 Å². The molecule has 1 unspecified atom stereocenters. The largest absolute Gasteiger partial charge is 0.480 e. The number of piperazine rings is 1. The number of carbonyl (C=O) groups is 2. The van der Waals surface area contributed by atoms with Gasteiger partial charge >= 0.3 is 5.97 Å². The van der Waals surface area contributed by atoms with Crippen LogP contribution >= 0.6 is 11.3 Å². The van der Waals surface area contributed by atoms with Crippen molar-refractivity contribution in [1.29, 1.82) is 0 Å². The minimum Gasteiger partial charge on any atom is -0.480 e. The van der Waals surface area contributed by atoms with E-state index in [0.717, 1.165) is 30.2 Å². The van der Waals surface area contributed by atoms with E-state index in [0.29, 0.717) is 17.6 Å². The molecule has 1 fully saturated rings. The quantitative estimate of drug-likeness (QED) is 0.513. The number of rotatable bonds is 8. The van der Waals surface area contributed by atoms with Crippen LogP contribution in [-0.2, 0) is 11.3 Å². The third-order valence-corrected chi connectivity index (χ3v) is 7.43. The van der Waals surface area contributed by atoms with Gasteiger partial charge in [-0.05, 0) is 37.1 Å². The predicted molar refractivity (Wildman–Crippen MR) is 137 cm³/mol. The molecule has 1 amide bonds. The molecular weight excluding hydrogens is 460 g/mol. The second-order valence-electron chi connectivity index (χ2n) is 9.26. The highest BCUT2D eigenvalue weighted by Gasteiger charge is 2.35. The van der Waals surface area contributed by atoms with Crippen molar-refractivity contribution < 1.29 is 14.7 Å². The molecule has 8 heteroatoms. The maximum absolute atomic E-state index is 12.6. The fourth-order valence-electron chi connectivity index (χ4n) is 4.77. The molecule has 184 valence electrons. The van der Waals surface area contributed by atoms with Crippen molar-refractivity contribution in [2.45, 2.75) is 38.5 Å². The standard InChI is InChI=1S/C27H32N4O3S/c1-19-16-31(20(2)15-30(19)17-21-7-5-4-6-8-21)25(26-28-13-14-35-26)22-9-11-23(12-10-22)27(34)29(3)18-24(32)33/h4-14,19-20,25H,15-18H2,1-3H3,(H,32,33)/t19-,20+,25?/m0/s1. The SMILES string of the molecule is C[C@@H]1CN(Cc2ccccc2)[C@@H](C)CN1C(c1ccc(C(=O)N(C)CC(=O)O)cc1)c1nccs1. The lowest BCUT2D eigenvalue weighted by Gasteiger charge is -2.47. The lowest BCUT2D eigenvalue weighted by Crippen LogP contribution is -2.56. The van der Waals surface area contributed by atoms with Crippen molar-refractivity contribution in [2.24, 2.45) is 0 Å². The predicted octanol–water partition coefficient (Wildman–Crippen LogP) is 3.98. The lowest BCUT2D eigenvalue weighted by atomic mass is 9.98. The van der Waals surface area contributed by atoms with Crippen LogP contribution in [0.4, 0.5) is 0 Å². The molecular formula is C27H32N4O3S. The Morgan fingerprint density at radius 3 is 2.43 bits per heavy atom. The van der Waals surface area contributed by atoms with Crippen LogP contribution < -0.4 is 0 Å². The minimum atomic E-state index is -1.03. The number of carboxylic acid groups (broad SMARTS) is 1. The fourth-order valence-corrected chi connectivity index (χ4v) is 5.55. The zero-order valence-corrected chi connectivity index (χ0v) is 21.2. The van der Waals surface area contributed by atoms with Gasteiger partial charge in [0, 0.05) is 55.9 Å². The molecule has 2 aromatic carbocycles. The average Bonchev–Trinajstić information content (AvgIpc) is 3.37. The first-order valence-corrected chi connectivity index (χ1v) is 12.7. The third-order valence-electron chi connectivity index (χ3n) is 6.60. The van der Waals surface area contributed by atoms with Gasteiger partial charge in [-0.15, -0.1) is 11.3 Å². The van der Waals surface area contributed by atoms with Gasteiger partial charge < -0.3 is 10.0 Å². The molecule has 3 atom stereocenters. The van der Waals surface area contributed by atoms with Gasteiger partial charge in [0.1, 0.15) is 11.6 Å². The zero-order chi connectivity index (χ0) is 24.9. The Kier molecular flexibility index (Phi) is 7.95. The lowest BCUT2D eigenvalue weighted by molar-refractivity contribution is -0.137. The zero-order valence-electron chi connectivity index (χ0n) is 20.4. The normalized spacial score (nSPS) is 19.9. The van der Waals surface area contributed by atoms with Crippen molar-refractivity contribution in [3.63, 3.8) is 0 Å². The number of benzene rings is 2. The number of carboxylic acids is 1. The van der Waals surface area contributed by atoms with Crippen molar-refractivity contribution in [3.05, 3.63) is 87.9 Å². The Bertz CT molecular complexity index is 1120. The van der Waals surface area contributed by atoms with Crippen molar-refractivity contribution in [2.75, 3.05) is 26.7 Å². The van der Waals surface area contributed by atoms with Crippen LogP contribution in [0.2, 0.25) is 0 Å². The summed E-state index contributed by atoms with van der Waals surface area (Å²) in [5.74, 6) is -1.34. The van der Waals surface area contributed by atoms with Gasteiger partial charge in [0.25, 0.3) is 5.91 Å². The summed E-state index contributed by atoms with van der Waals surface area (Å²) in [6, 6.07) is 18.8. The number of hydrogen-bond acceptors (Lipinski definition) is 6. The smallest absolute Gasteiger partial charge is 0.323 e. The summed E-state index contributed by atoms with van der Waals surface area (Å²) >= 11 is 1.64. The Labute approximate surface area is 210 Å². The second-order valence-corrected chi connectivity index (χ2v) is 10.2. The van der Waals surface area contributed by atoms with Crippen LogP contribution in [0.5, 0.6) is 0 Å². The first-order valence-electron chi connectivity index (χ1n) is 11.8. The molecule has 4 rings (SSSR count). The van der Waals surface area contributed by atoms with Crippen LogP contribution in [0, 0.1) is 0 Å². The summed E-state index contributed by atoms with van der Waals surface area (Å²) in [4.78, 5) is 34.5. The van der Waals surface area contributed by atoms with E-state index < -0.39 is 5.97 Å². The fraction of sp³-hybridized carbons (Fsp3) is 0.370. The number of likely N-dealkylation sites (N-methyl/N-ethyl adjacent to an activating group) is 1. The summed E-state index contributed by atoms with van der Waals surface area (Å²) in [6.45, 7) is 7.01. The third kappa shape index (κ3) is 5.96. The Hall–Kier alpha value is -3.07. The summed E-state index contributed by atoms with van der Waals surface area (Å²) in [6.07, 6.45) is 1.84. The number of amides is 1. The van der Waals surface area contributed by atoms with Crippen molar-refractivity contribution in [1.82, 2.24) is 19.7 Å². The van der Waals surface area contributed by atoms with Crippen LogP contribution in [0.3, 0.4) is 0 Å². The molecule has 0 radical (unpaired) electrons. The second kappa shape index (κ2) is 11.1. The molecule has 1 N–H and O–H groups in total. The van der Waals surface area contributed by atoms with E-state index in [1.807, 2.05) is 23.7 Å². The molecule has 7 nitrogen and oxygen atoms in total. The summed E-state index contributed by atoms with van der Waals surface area (Å²) in [5, 5.41) is 12.0. The summed E-state index contributed by atoms with van der Waals surface area (Å²) < 4.78 is 0. The number of thiazole rings is 1. The van der Waals surface area contributed by atoms with Gasteiger partial charge in [-0.3, -0.25) is 19.4 Å². The molecule has 2 heterocycles. The Morgan fingerprint density at radius 1 is 1.09 bits per heavy atom. The van der Waals surface area contributed by atoms with Gasteiger partial charge in [0.2, 0.25) is 0 Å². The Balaban J connectivity index is 1.54. The Morgan fingerprint density at radius 2 is 1.80 bits per heavy atom. The molecule has 1 aromatic heterocycles. The van der Waals surface area contributed by atoms with Crippen molar-refractivity contribution in [3.8, 4) is 0 Å². The van der Waals surface area contributed by atoms with E-state index >= 15 is 0 Å². The molecule has 0 saturated carbocycles. The molecule has 35 heavy (non-hydrogen) atoms.